The first-order valence-electron chi connectivity index (χ1n) is 12.9. The Labute approximate surface area is 220 Å². The van der Waals surface area contributed by atoms with E-state index >= 15 is 0 Å². The summed E-state index contributed by atoms with van der Waals surface area (Å²) in [6.07, 6.45) is 3.39. The molecule has 1 N–H and O–H groups in total. The third-order valence-corrected chi connectivity index (χ3v) is 6.52. The van der Waals surface area contributed by atoms with Crippen LogP contribution in [0.2, 0.25) is 0 Å². The van der Waals surface area contributed by atoms with Gasteiger partial charge in [-0.2, -0.15) is 18.3 Å². The predicted molar refractivity (Wildman–Crippen MR) is 140 cm³/mol. The van der Waals surface area contributed by atoms with Crippen LogP contribution in [0.5, 0.6) is 0 Å². The van der Waals surface area contributed by atoms with E-state index in [4.69, 9.17) is 0 Å². The molecule has 3 aromatic heterocycles. The van der Waals surface area contributed by atoms with E-state index in [9.17, 15) is 18.0 Å². The number of alkyl halides is 3. The lowest BCUT2D eigenvalue weighted by Gasteiger charge is -2.14. The van der Waals surface area contributed by atoms with Gasteiger partial charge in [-0.05, 0) is 42.9 Å². The van der Waals surface area contributed by atoms with E-state index in [2.05, 4.69) is 20.4 Å². The molecule has 1 amide bonds. The molecule has 38 heavy (non-hydrogen) atoms. The van der Waals surface area contributed by atoms with E-state index in [1.807, 2.05) is 52.8 Å². The Bertz CT molecular complexity index is 1440. The summed E-state index contributed by atoms with van der Waals surface area (Å²) in [5, 5.41) is 6.85. The van der Waals surface area contributed by atoms with Crippen molar-refractivity contribution in [1.29, 1.82) is 0 Å². The number of rotatable bonds is 9. The highest BCUT2D eigenvalue weighted by Crippen LogP contribution is 2.36. The molecule has 0 spiro atoms. The first kappa shape index (κ1) is 27.3. The number of carbonyl (C=O) groups is 1. The minimum atomic E-state index is -4.60. The van der Waals surface area contributed by atoms with Crippen molar-refractivity contribution in [3.05, 3.63) is 71.1 Å². The molecule has 0 aliphatic rings. The highest BCUT2D eigenvalue weighted by atomic mass is 19.4. The Morgan fingerprint density at radius 1 is 1.13 bits per heavy atom. The SMILES string of the molecule is CCc1cc(Cc2nccn3c(-c4cn(CC(C)C)nc4C(F)(F)F)cnc23)ccc1C(=O)N[C@H](C)CC. The second-order valence-electron chi connectivity index (χ2n) is 10.0. The smallest absolute Gasteiger partial charge is 0.350 e. The highest BCUT2D eigenvalue weighted by molar-refractivity contribution is 5.96. The zero-order valence-corrected chi connectivity index (χ0v) is 22.3. The number of hydrogen-bond acceptors (Lipinski definition) is 4. The van der Waals surface area contributed by atoms with Crippen LogP contribution >= 0.6 is 0 Å². The maximum Gasteiger partial charge on any atom is 0.435 e. The summed E-state index contributed by atoms with van der Waals surface area (Å²) in [5.41, 5.74) is 2.95. The van der Waals surface area contributed by atoms with Crippen molar-refractivity contribution in [3.63, 3.8) is 0 Å². The van der Waals surface area contributed by atoms with E-state index in [1.165, 1.54) is 17.1 Å². The Morgan fingerprint density at radius 3 is 2.55 bits per heavy atom. The molecule has 0 fully saturated rings. The van der Waals surface area contributed by atoms with E-state index in [1.54, 1.807) is 16.8 Å². The van der Waals surface area contributed by atoms with E-state index in [-0.39, 0.29) is 23.4 Å². The third-order valence-electron chi connectivity index (χ3n) is 6.52. The molecule has 4 aromatic rings. The van der Waals surface area contributed by atoms with Gasteiger partial charge < -0.3 is 5.32 Å². The lowest BCUT2D eigenvalue weighted by molar-refractivity contribution is -0.141. The molecule has 1 atom stereocenters. The summed E-state index contributed by atoms with van der Waals surface area (Å²) in [5.74, 6) is 0.0432. The largest absolute Gasteiger partial charge is 0.435 e. The lowest BCUT2D eigenvalue weighted by atomic mass is 9.98. The summed E-state index contributed by atoms with van der Waals surface area (Å²) in [6.45, 7) is 10.2. The van der Waals surface area contributed by atoms with Crippen molar-refractivity contribution in [2.75, 3.05) is 0 Å². The normalized spacial score (nSPS) is 12.9. The number of amides is 1. The number of carbonyl (C=O) groups excluding carboxylic acids is 1. The van der Waals surface area contributed by atoms with Crippen molar-refractivity contribution in [2.24, 2.45) is 5.92 Å². The molecular weight excluding hydrogens is 493 g/mol. The van der Waals surface area contributed by atoms with Crippen LogP contribution < -0.4 is 5.32 Å². The number of fused-ring (bicyclic) bond motifs is 1. The minimum Gasteiger partial charge on any atom is -0.350 e. The van der Waals surface area contributed by atoms with Crippen molar-refractivity contribution in [3.8, 4) is 11.3 Å². The number of benzene rings is 1. The quantitative estimate of drug-likeness (QED) is 0.292. The molecule has 0 aliphatic heterocycles. The molecule has 4 rings (SSSR count). The van der Waals surface area contributed by atoms with Gasteiger partial charge in [-0.1, -0.05) is 39.8 Å². The van der Waals surface area contributed by atoms with Gasteiger partial charge in [0.1, 0.15) is 0 Å². The third kappa shape index (κ3) is 5.74. The molecule has 202 valence electrons. The van der Waals surface area contributed by atoms with Gasteiger partial charge in [0.25, 0.3) is 5.91 Å². The summed E-state index contributed by atoms with van der Waals surface area (Å²) >= 11 is 0. The molecular formula is C28H33F3N6O. The Kier molecular flexibility index (Phi) is 7.89. The second kappa shape index (κ2) is 11.0. The van der Waals surface area contributed by atoms with Crippen molar-refractivity contribution < 1.29 is 18.0 Å². The zero-order valence-electron chi connectivity index (χ0n) is 22.3. The average molecular weight is 527 g/mol. The van der Waals surface area contributed by atoms with Crippen molar-refractivity contribution in [2.45, 2.75) is 72.6 Å². The van der Waals surface area contributed by atoms with Gasteiger partial charge in [-0.15, -0.1) is 0 Å². The van der Waals surface area contributed by atoms with Gasteiger partial charge in [0.2, 0.25) is 0 Å². The maximum atomic E-state index is 13.9. The van der Waals surface area contributed by atoms with Gasteiger partial charge in [0.15, 0.2) is 11.3 Å². The van der Waals surface area contributed by atoms with Crippen molar-refractivity contribution in [1.82, 2.24) is 29.5 Å². The first-order valence-corrected chi connectivity index (χ1v) is 12.9. The van der Waals surface area contributed by atoms with Crippen LogP contribution in [0.3, 0.4) is 0 Å². The van der Waals surface area contributed by atoms with Crippen LogP contribution in [-0.4, -0.2) is 36.1 Å². The molecule has 7 nitrogen and oxygen atoms in total. The van der Waals surface area contributed by atoms with Gasteiger partial charge in [0, 0.05) is 43.2 Å². The number of nitrogens with zero attached hydrogens (tertiary/aromatic N) is 5. The molecule has 0 aliphatic carbocycles. The van der Waals surface area contributed by atoms with Crippen molar-refractivity contribution >= 4 is 11.6 Å². The molecule has 0 saturated heterocycles. The number of nitrogens with one attached hydrogen (secondary N) is 1. The molecule has 0 radical (unpaired) electrons. The fourth-order valence-corrected chi connectivity index (χ4v) is 4.45. The van der Waals surface area contributed by atoms with Crippen LogP contribution in [-0.2, 0) is 25.6 Å². The first-order chi connectivity index (χ1) is 18.0. The molecule has 0 saturated carbocycles. The van der Waals surface area contributed by atoms with E-state index < -0.39 is 11.9 Å². The van der Waals surface area contributed by atoms with Crippen LogP contribution in [0.15, 0.2) is 43.0 Å². The lowest BCUT2D eigenvalue weighted by Crippen LogP contribution is -2.32. The van der Waals surface area contributed by atoms with Crippen LogP contribution in [0, 0.1) is 5.92 Å². The fraction of sp³-hybridized carbons (Fsp3) is 0.429. The fourth-order valence-electron chi connectivity index (χ4n) is 4.45. The summed E-state index contributed by atoms with van der Waals surface area (Å²) in [4.78, 5) is 21.6. The molecule has 1 aromatic carbocycles. The summed E-state index contributed by atoms with van der Waals surface area (Å²) in [6, 6.07) is 5.77. The molecule has 10 heteroatoms. The number of hydrogen-bond donors (Lipinski definition) is 1. The maximum absolute atomic E-state index is 13.9. The predicted octanol–water partition coefficient (Wildman–Crippen LogP) is 5.95. The zero-order chi connectivity index (χ0) is 27.6. The van der Waals surface area contributed by atoms with Gasteiger partial charge >= 0.3 is 6.18 Å². The topological polar surface area (TPSA) is 77.1 Å². The molecule has 3 heterocycles. The van der Waals surface area contributed by atoms with Crippen LogP contribution in [0.4, 0.5) is 13.2 Å². The van der Waals surface area contributed by atoms with Gasteiger partial charge in [-0.3, -0.25) is 18.9 Å². The van der Waals surface area contributed by atoms with E-state index in [0.29, 0.717) is 42.0 Å². The minimum absolute atomic E-state index is 0.0206. The Morgan fingerprint density at radius 2 is 1.89 bits per heavy atom. The molecule has 0 unspecified atom stereocenters. The molecule has 0 bridgehead atoms. The Hall–Kier alpha value is -3.69. The number of imidazole rings is 1. The Balaban J connectivity index is 1.69. The number of halogens is 3. The van der Waals surface area contributed by atoms with Gasteiger partial charge in [-0.25, -0.2) is 4.98 Å². The number of aromatic nitrogens is 5. The number of aryl methyl sites for hydroxylation is 1. The van der Waals surface area contributed by atoms with Crippen LogP contribution in [0.25, 0.3) is 16.9 Å². The monoisotopic (exact) mass is 526 g/mol. The van der Waals surface area contributed by atoms with Crippen LogP contribution in [0.1, 0.15) is 73.9 Å². The average Bonchev–Trinajstić information content (AvgIpc) is 3.48. The summed E-state index contributed by atoms with van der Waals surface area (Å²) in [7, 11) is 0. The summed E-state index contributed by atoms with van der Waals surface area (Å²) < 4.78 is 44.6. The standard InChI is InChI=1S/C28H33F3N6O/c1-6-18(5)34-27(38)21-9-8-19(12-20(21)7-2)13-23-26-33-14-24(37(26)11-10-32-23)22-16-36(15-17(3)4)35-25(22)28(29,30)31/h8-12,14,16-18H,6-7,13,15H2,1-5H3,(H,34,38)/t18-/m1/s1. The second-order valence-corrected chi connectivity index (χ2v) is 10.0. The van der Waals surface area contributed by atoms with E-state index in [0.717, 1.165) is 17.5 Å². The highest BCUT2D eigenvalue weighted by Gasteiger charge is 2.38. The van der Waals surface area contributed by atoms with Gasteiger partial charge in [0.05, 0.1) is 23.1 Å².